The molecule has 0 aliphatic rings. The standard InChI is InChI=1S/C12H15FN2O3/c1-15(2)11(16)7-14-12(17)8-4-5-10(18-3)9(13)6-8/h4-6H,7H2,1-3H3,(H,14,17). The first kappa shape index (κ1) is 14.0. The summed E-state index contributed by atoms with van der Waals surface area (Å²) in [5.74, 6) is -1.30. The molecule has 0 unspecified atom stereocenters. The number of likely N-dealkylation sites (N-methyl/N-ethyl adjacent to an activating group) is 1. The zero-order valence-electron chi connectivity index (χ0n) is 10.5. The topological polar surface area (TPSA) is 58.6 Å². The lowest BCUT2D eigenvalue weighted by Crippen LogP contribution is -2.36. The van der Waals surface area contributed by atoms with Crippen molar-refractivity contribution >= 4 is 11.8 Å². The fraction of sp³-hybridized carbons (Fsp3) is 0.333. The third kappa shape index (κ3) is 3.44. The summed E-state index contributed by atoms with van der Waals surface area (Å²) in [6.07, 6.45) is 0. The molecule has 5 nitrogen and oxygen atoms in total. The number of benzene rings is 1. The Morgan fingerprint density at radius 3 is 2.56 bits per heavy atom. The largest absolute Gasteiger partial charge is 0.494 e. The fourth-order valence-electron chi connectivity index (χ4n) is 1.22. The molecule has 1 aromatic carbocycles. The van der Waals surface area contributed by atoms with E-state index in [1.165, 1.54) is 24.1 Å². The lowest BCUT2D eigenvalue weighted by molar-refractivity contribution is -0.127. The Morgan fingerprint density at radius 2 is 2.06 bits per heavy atom. The Hall–Kier alpha value is -2.11. The van der Waals surface area contributed by atoms with Crippen molar-refractivity contribution in [3.8, 4) is 5.75 Å². The maximum atomic E-state index is 13.4. The van der Waals surface area contributed by atoms with E-state index in [1.807, 2.05) is 0 Å². The Morgan fingerprint density at radius 1 is 1.39 bits per heavy atom. The number of amides is 2. The highest BCUT2D eigenvalue weighted by Gasteiger charge is 2.11. The summed E-state index contributed by atoms with van der Waals surface area (Å²) in [5, 5.41) is 2.41. The SMILES string of the molecule is COc1ccc(C(=O)NCC(=O)N(C)C)cc1F. The molecule has 0 aliphatic carbocycles. The van der Waals surface area contributed by atoms with Gasteiger partial charge in [0, 0.05) is 19.7 Å². The Bertz CT molecular complexity index is 461. The molecule has 0 aromatic heterocycles. The normalized spacial score (nSPS) is 9.78. The lowest BCUT2D eigenvalue weighted by atomic mass is 10.2. The molecule has 18 heavy (non-hydrogen) atoms. The number of carbonyl (C=O) groups is 2. The van der Waals surface area contributed by atoms with Crippen molar-refractivity contribution in [1.82, 2.24) is 10.2 Å². The van der Waals surface area contributed by atoms with Gasteiger partial charge in [0.2, 0.25) is 5.91 Å². The van der Waals surface area contributed by atoms with Gasteiger partial charge in [-0.3, -0.25) is 9.59 Å². The van der Waals surface area contributed by atoms with E-state index in [9.17, 15) is 14.0 Å². The van der Waals surface area contributed by atoms with Crippen molar-refractivity contribution in [2.24, 2.45) is 0 Å². The number of hydrogen-bond acceptors (Lipinski definition) is 3. The van der Waals surface area contributed by atoms with Gasteiger partial charge in [-0.05, 0) is 18.2 Å². The quantitative estimate of drug-likeness (QED) is 0.858. The molecule has 0 fully saturated rings. The average Bonchev–Trinajstić information content (AvgIpc) is 2.35. The van der Waals surface area contributed by atoms with Gasteiger partial charge in [0.15, 0.2) is 11.6 Å². The number of nitrogens with zero attached hydrogens (tertiary/aromatic N) is 1. The minimum atomic E-state index is -0.621. The summed E-state index contributed by atoms with van der Waals surface area (Å²) in [6.45, 7) is -0.126. The van der Waals surface area contributed by atoms with Gasteiger partial charge in [-0.25, -0.2) is 4.39 Å². The van der Waals surface area contributed by atoms with E-state index in [4.69, 9.17) is 4.74 Å². The van der Waals surface area contributed by atoms with Crippen molar-refractivity contribution in [3.63, 3.8) is 0 Å². The molecule has 6 heteroatoms. The third-order valence-electron chi connectivity index (χ3n) is 2.31. The van der Waals surface area contributed by atoms with Crippen molar-refractivity contribution < 1.29 is 18.7 Å². The Balaban J connectivity index is 2.68. The molecule has 1 N–H and O–H groups in total. The predicted molar refractivity (Wildman–Crippen MR) is 64.0 cm³/mol. The summed E-state index contributed by atoms with van der Waals surface area (Å²) in [7, 11) is 4.51. The third-order valence-corrected chi connectivity index (χ3v) is 2.31. The van der Waals surface area contributed by atoms with E-state index in [2.05, 4.69) is 5.32 Å². The van der Waals surface area contributed by atoms with Gasteiger partial charge < -0.3 is 15.0 Å². The molecule has 0 bridgehead atoms. The van der Waals surface area contributed by atoms with Crippen LogP contribution in [-0.4, -0.2) is 44.5 Å². The molecule has 0 atom stereocenters. The van der Waals surface area contributed by atoms with Crippen LogP contribution in [0.2, 0.25) is 0 Å². The van der Waals surface area contributed by atoms with E-state index in [1.54, 1.807) is 14.1 Å². The monoisotopic (exact) mass is 254 g/mol. The number of ether oxygens (including phenoxy) is 1. The van der Waals surface area contributed by atoms with Crippen molar-refractivity contribution in [3.05, 3.63) is 29.6 Å². The molecule has 1 rings (SSSR count). The van der Waals surface area contributed by atoms with E-state index in [0.29, 0.717) is 0 Å². The number of carbonyl (C=O) groups excluding carboxylic acids is 2. The summed E-state index contributed by atoms with van der Waals surface area (Å²) in [6, 6.07) is 3.85. The molecule has 0 saturated heterocycles. The summed E-state index contributed by atoms with van der Waals surface area (Å²) in [4.78, 5) is 24.3. The van der Waals surface area contributed by atoms with Crippen LogP contribution in [0.15, 0.2) is 18.2 Å². The zero-order chi connectivity index (χ0) is 13.7. The Kier molecular flexibility index (Phi) is 4.65. The van der Waals surface area contributed by atoms with Crippen LogP contribution in [0.4, 0.5) is 4.39 Å². The molecular formula is C12H15FN2O3. The molecular weight excluding hydrogens is 239 g/mol. The first-order chi connectivity index (χ1) is 8.45. The number of rotatable bonds is 4. The minimum Gasteiger partial charge on any atom is -0.494 e. The molecule has 1 aromatic rings. The first-order valence-corrected chi connectivity index (χ1v) is 5.27. The van der Waals surface area contributed by atoms with E-state index >= 15 is 0 Å². The highest BCUT2D eigenvalue weighted by atomic mass is 19.1. The van der Waals surface area contributed by atoms with E-state index in [0.717, 1.165) is 6.07 Å². The number of methoxy groups -OCH3 is 1. The zero-order valence-corrected chi connectivity index (χ0v) is 10.5. The van der Waals surface area contributed by atoms with Gasteiger partial charge in [0.1, 0.15) is 0 Å². The van der Waals surface area contributed by atoms with Crippen molar-refractivity contribution in [1.29, 1.82) is 0 Å². The molecule has 0 radical (unpaired) electrons. The van der Waals surface area contributed by atoms with Crippen LogP contribution < -0.4 is 10.1 Å². The molecule has 0 heterocycles. The molecule has 2 amide bonds. The maximum Gasteiger partial charge on any atom is 0.251 e. The lowest BCUT2D eigenvalue weighted by Gasteiger charge is -2.11. The summed E-state index contributed by atoms with van der Waals surface area (Å²) < 4.78 is 18.1. The van der Waals surface area contributed by atoms with Gasteiger partial charge in [-0.2, -0.15) is 0 Å². The van der Waals surface area contributed by atoms with Gasteiger partial charge in [-0.15, -0.1) is 0 Å². The van der Waals surface area contributed by atoms with Crippen LogP contribution in [-0.2, 0) is 4.79 Å². The molecule has 0 aliphatic heterocycles. The highest BCUT2D eigenvalue weighted by molar-refractivity contribution is 5.96. The van der Waals surface area contributed by atoms with Gasteiger partial charge >= 0.3 is 0 Å². The van der Waals surface area contributed by atoms with Crippen LogP contribution >= 0.6 is 0 Å². The van der Waals surface area contributed by atoms with Crippen LogP contribution in [0.5, 0.6) is 5.75 Å². The van der Waals surface area contributed by atoms with Gasteiger partial charge in [0.25, 0.3) is 5.91 Å². The predicted octanol–water partition coefficient (Wildman–Crippen LogP) is 0.652. The van der Waals surface area contributed by atoms with Gasteiger partial charge in [0.05, 0.1) is 13.7 Å². The second-order valence-corrected chi connectivity index (χ2v) is 3.82. The summed E-state index contributed by atoms with van der Waals surface area (Å²) in [5.41, 5.74) is 0.139. The fourth-order valence-corrected chi connectivity index (χ4v) is 1.22. The molecule has 98 valence electrons. The number of hydrogen-bond donors (Lipinski definition) is 1. The van der Waals surface area contributed by atoms with Crippen LogP contribution in [0.25, 0.3) is 0 Å². The highest BCUT2D eigenvalue weighted by Crippen LogP contribution is 2.17. The van der Waals surface area contributed by atoms with Gasteiger partial charge in [-0.1, -0.05) is 0 Å². The Labute approximate surface area is 105 Å². The van der Waals surface area contributed by atoms with Crippen LogP contribution in [0, 0.1) is 5.82 Å². The first-order valence-electron chi connectivity index (χ1n) is 5.27. The van der Waals surface area contributed by atoms with E-state index < -0.39 is 11.7 Å². The number of nitrogens with one attached hydrogen (secondary N) is 1. The smallest absolute Gasteiger partial charge is 0.251 e. The molecule has 0 spiro atoms. The van der Waals surface area contributed by atoms with Crippen molar-refractivity contribution in [2.75, 3.05) is 27.7 Å². The number of halogens is 1. The maximum absolute atomic E-state index is 13.4. The van der Waals surface area contributed by atoms with Crippen LogP contribution in [0.1, 0.15) is 10.4 Å². The van der Waals surface area contributed by atoms with E-state index in [-0.39, 0.29) is 23.8 Å². The average molecular weight is 254 g/mol. The molecule has 0 saturated carbocycles. The van der Waals surface area contributed by atoms with Crippen molar-refractivity contribution in [2.45, 2.75) is 0 Å². The minimum absolute atomic E-state index is 0.0657. The van der Waals surface area contributed by atoms with Crippen LogP contribution in [0.3, 0.4) is 0 Å². The second kappa shape index (κ2) is 6.00. The summed E-state index contributed by atoms with van der Waals surface area (Å²) >= 11 is 0. The second-order valence-electron chi connectivity index (χ2n) is 3.82.